The van der Waals surface area contributed by atoms with Crippen LogP contribution in [0.2, 0.25) is 0 Å². The van der Waals surface area contributed by atoms with E-state index in [1.165, 1.54) is 0 Å². The zero-order chi connectivity index (χ0) is 23.3. The lowest BCUT2D eigenvalue weighted by Crippen LogP contribution is -2.38. The van der Waals surface area contributed by atoms with E-state index in [1.807, 2.05) is 37.3 Å². The highest BCUT2D eigenvalue weighted by Crippen LogP contribution is 2.04. The molecule has 1 aromatic carbocycles. The standard InChI is InChI=1S/C24H30N6O3/c1-19(33-13-10-30-8-11-32-12-9-30)15-27-23(25-2)24-28-17-21(18-29-24)14-22(31)26-16-20-6-4-3-5-7-20/h3-7,15,17-18H,2,8-14,16H2,1H3,(H,26,31)/b19-15+,27-23-. The second-order valence-electron chi connectivity index (χ2n) is 7.51. The number of carbonyl (C=O) groups is 1. The number of hydrogen-bond donors (Lipinski definition) is 1. The van der Waals surface area contributed by atoms with Crippen LogP contribution in [-0.2, 0) is 27.2 Å². The molecule has 1 saturated heterocycles. The fourth-order valence-corrected chi connectivity index (χ4v) is 3.13. The molecular formula is C24H30N6O3. The zero-order valence-electron chi connectivity index (χ0n) is 18.9. The van der Waals surface area contributed by atoms with Gasteiger partial charge in [0.25, 0.3) is 0 Å². The first kappa shape index (κ1) is 24.2. The van der Waals surface area contributed by atoms with Gasteiger partial charge in [0.05, 0.1) is 25.8 Å². The first-order valence-electron chi connectivity index (χ1n) is 10.9. The van der Waals surface area contributed by atoms with Crippen molar-refractivity contribution < 1.29 is 14.3 Å². The molecule has 1 amide bonds. The normalized spacial score (nSPS) is 15.2. The molecule has 2 heterocycles. The van der Waals surface area contributed by atoms with Crippen LogP contribution < -0.4 is 5.32 Å². The minimum Gasteiger partial charge on any atom is -0.495 e. The number of aliphatic imine (C=N–C) groups is 2. The van der Waals surface area contributed by atoms with E-state index in [-0.39, 0.29) is 18.2 Å². The molecule has 0 bridgehead atoms. The molecule has 0 aliphatic carbocycles. The Labute approximate surface area is 194 Å². The molecule has 1 aliphatic rings. The van der Waals surface area contributed by atoms with Gasteiger partial charge in [-0.15, -0.1) is 0 Å². The molecule has 1 fully saturated rings. The Kier molecular flexibility index (Phi) is 9.68. The lowest BCUT2D eigenvalue weighted by molar-refractivity contribution is -0.120. The van der Waals surface area contributed by atoms with Crippen LogP contribution in [0.4, 0.5) is 0 Å². The Morgan fingerprint density at radius 1 is 1.21 bits per heavy atom. The second-order valence-corrected chi connectivity index (χ2v) is 7.51. The van der Waals surface area contributed by atoms with Crippen LogP contribution in [0.5, 0.6) is 0 Å². The topological polar surface area (TPSA) is 101 Å². The third-order valence-electron chi connectivity index (χ3n) is 4.96. The van der Waals surface area contributed by atoms with Crippen molar-refractivity contribution in [2.75, 3.05) is 39.5 Å². The molecule has 0 unspecified atom stereocenters. The highest BCUT2D eigenvalue weighted by atomic mass is 16.5. The minimum atomic E-state index is -0.0984. The molecule has 9 nitrogen and oxygen atoms in total. The molecule has 0 radical (unpaired) electrons. The lowest BCUT2D eigenvalue weighted by atomic mass is 10.2. The number of amides is 1. The van der Waals surface area contributed by atoms with Gasteiger partial charge < -0.3 is 14.8 Å². The summed E-state index contributed by atoms with van der Waals surface area (Å²) in [6, 6.07) is 9.75. The largest absolute Gasteiger partial charge is 0.495 e. The predicted molar refractivity (Wildman–Crippen MR) is 127 cm³/mol. The highest BCUT2D eigenvalue weighted by Gasteiger charge is 2.10. The first-order chi connectivity index (χ1) is 16.1. The number of amidine groups is 1. The van der Waals surface area contributed by atoms with Crippen LogP contribution in [0.15, 0.2) is 64.7 Å². The van der Waals surface area contributed by atoms with Crippen LogP contribution in [0.1, 0.15) is 23.9 Å². The summed E-state index contributed by atoms with van der Waals surface area (Å²) < 4.78 is 11.1. The van der Waals surface area contributed by atoms with Crippen LogP contribution in [0.3, 0.4) is 0 Å². The zero-order valence-corrected chi connectivity index (χ0v) is 18.9. The Morgan fingerprint density at radius 3 is 2.64 bits per heavy atom. The number of nitrogens with one attached hydrogen (secondary N) is 1. The Balaban J connectivity index is 1.47. The summed E-state index contributed by atoms with van der Waals surface area (Å²) in [7, 11) is 0. The number of morpholine rings is 1. The maximum atomic E-state index is 12.2. The maximum Gasteiger partial charge on any atom is 0.224 e. The molecular weight excluding hydrogens is 420 g/mol. The first-order valence-corrected chi connectivity index (χ1v) is 10.9. The third kappa shape index (κ3) is 8.55. The Hall–Kier alpha value is -3.43. The number of rotatable bonds is 10. The van der Waals surface area contributed by atoms with Gasteiger partial charge in [-0.1, -0.05) is 30.3 Å². The van der Waals surface area contributed by atoms with E-state index in [0.717, 1.165) is 38.4 Å². The minimum absolute atomic E-state index is 0.0984. The van der Waals surface area contributed by atoms with Crippen LogP contribution in [-0.4, -0.2) is 72.8 Å². The van der Waals surface area contributed by atoms with Crippen molar-refractivity contribution >= 4 is 18.5 Å². The van der Waals surface area contributed by atoms with Crippen molar-refractivity contribution in [2.45, 2.75) is 19.9 Å². The van der Waals surface area contributed by atoms with E-state index in [2.05, 4.69) is 36.9 Å². The van der Waals surface area contributed by atoms with Gasteiger partial charge in [0, 0.05) is 38.6 Å². The smallest absolute Gasteiger partial charge is 0.224 e. The molecule has 3 rings (SSSR count). The number of aromatic nitrogens is 2. The van der Waals surface area contributed by atoms with E-state index < -0.39 is 0 Å². The van der Waals surface area contributed by atoms with Gasteiger partial charge in [-0.25, -0.2) is 20.0 Å². The van der Waals surface area contributed by atoms with Crippen LogP contribution in [0, 0.1) is 0 Å². The van der Waals surface area contributed by atoms with Crippen molar-refractivity contribution in [1.82, 2.24) is 20.2 Å². The van der Waals surface area contributed by atoms with E-state index in [9.17, 15) is 4.79 Å². The fourth-order valence-electron chi connectivity index (χ4n) is 3.13. The average Bonchev–Trinajstić information content (AvgIpc) is 2.85. The van der Waals surface area contributed by atoms with Crippen LogP contribution >= 0.6 is 0 Å². The molecule has 0 atom stereocenters. The summed E-state index contributed by atoms with van der Waals surface area (Å²) in [6.07, 6.45) is 4.97. The molecule has 1 N–H and O–H groups in total. The summed E-state index contributed by atoms with van der Waals surface area (Å²) in [5.41, 5.74) is 1.75. The number of benzene rings is 1. The lowest BCUT2D eigenvalue weighted by Gasteiger charge is -2.26. The summed E-state index contributed by atoms with van der Waals surface area (Å²) in [4.78, 5) is 31.2. The summed E-state index contributed by atoms with van der Waals surface area (Å²) in [5, 5.41) is 2.89. The second kappa shape index (κ2) is 13.2. The van der Waals surface area contributed by atoms with E-state index in [4.69, 9.17) is 9.47 Å². The SMILES string of the molecule is C=N/C(=N\C=C(/C)OCCN1CCOCC1)c1ncc(CC(=O)NCc2ccccc2)cn1. The summed E-state index contributed by atoms with van der Waals surface area (Å²) in [6.45, 7) is 10.7. The summed E-state index contributed by atoms with van der Waals surface area (Å²) in [5.74, 6) is 1.18. The highest BCUT2D eigenvalue weighted by molar-refractivity contribution is 5.98. The molecule has 174 valence electrons. The molecule has 33 heavy (non-hydrogen) atoms. The van der Waals surface area contributed by atoms with Crippen molar-refractivity contribution in [3.05, 3.63) is 71.6 Å². The van der Waals surface area contributed by atoms with Crippen LogP contribution in [0.25, 0.3) is 0 Å². The maximum absolute atomic E-state index is 12.2. The van der Waals surface area contributed by atoms with Gasteiger partial charge in [0.15, 0.2) is 11.7 Å². The van der Waals surface area contributed by atoms with E-state index in [0.29, 0.717) is 30.3 Å². The number of nitrogens with zero attached hydrogens (tertiary/aromatic N) is 5. The quantitative estimate of drug-likeness (QED) is 0.338. The Bertz CT molecular complexity index is 954. The van der Waals surface area contributed by atoms with E-state index >= 15 is 0 Å². The van der Waals surface area contributed by atoms with Crippen molar-refractivity contribution in [1.29, 1.82) is 0 Å². The Morgan fingerprint density at radius 2 is 1.94 bits per heavy atom. The molecule has 9 heteroatoms. The van der Waals surface area contributed by atoms with Gasteiger partial charge in [-0.05, 0) is 24.8 Å². The number of allylic oxidation sites excluding steroid dienone is 1. The van der Waals surface area contributed by atoms with Gasteiger partial charge in [0.2, 0.25) is 5.91 Å². The summed E-state index contributed by atoms with van der Waals surface area (Å²) >= 11 is 0. The molecule has 0 spiro atoms. The van der Waals surface area contributed by atoms with Gasteiger partial charge >= 0.3 is 0 Å². The van der Waals surface area contributed by atoms with Gasteiger partial charge in [0.1, 0.15) is 12.4 Å². The van der Waals surface area contributed by atoms with Gasteiger partial charge in [-0.3, -0.25) is 9.69 Å². The monoisotopic (exact) mass is 450 g/mol. The predicted octanol–water partition coefficient (Wildman–Crippen LogP) is 1.99. The molecule has 1 aliphatic heterocycles. The third-order valence-corrected chi connectivity index (χ3v) is 4.96. The number of hydrogen-bond acceptors (Lipinski definition) is 7. The average molecular weight is 451 g/mol. The van der Waals surface area contributed by atoms with Gasteiger partial charge in [-0.2, -0.15) is 0 Å². The van der Waals surface area contributed by atoms with Crippen molar-refractivity contribution in [3.8, 4) is 0 Å². The van der Waals surface area contributed by atoms with Crippen molar-refractivity contribution in [3.63, 3.8) is 0 Å². The van der Waals surface area contributed by atoms with Crippen molar-refractivity contribution in [2.24, 2.45) is 9.98 Å². The molecule has 0 saturated carbocycles. The van der Waals surface area contributed by atoms with E-state index in [1.54, 1.807) is 18.6 Å². The number of ether oxygens (including phenoxy) is 2. The molecule has 2 aromatic rings. The molecule has 1 aromatic heterocycles. The number of carbonyl (C=O) groups excluding carboxylic acids is 1. The fraction of sp³-hybridized carbons (Fsp3) is 0.375.